The minimum atomic E-state index is -0.429. The van der Waals surface area contributed by atoms with Crippen LogP contribution in [0.3, 0.4) is 0 Å². The van der Waals surface area contributed by atoms with Gasteiger partial charge in [0, 0.05) is 6.92 Å². The molecular formula is C20H31BrO4. The zero-order valence-corrected chi connectivity index (χ0v) is 18.0. The lowest BCUT2D eigenvalue weighted by Crippen LogP contribution is -2.23. The molecule has 5 heteroatoms. The number of halogens is 1. The van der Waals surface area contributed by atoms with Crippen molar-refractivity contribution in [3.05, 3.63) is 28.2 Å². The highest BCUT2D eigenvalue weighted by Crippen LogP contribution is 2.42. The summed E-state index contributed by atoms with van der Waals surface area (Å²) in [6.07, 6.45) is -0.429. The first-order valence-corrected chi connectivity index (χ1v) is 9.52. The number of carbonyl (C=O) groups is 1. The highest BCUT2D eigenvalue weighted by Gasteiger charge is 2.29. The minimum Gasteiger partial charge on any atom is -0.464 e. The lowest BCUT2D eigenvalue weighted by molar-refractivity contribution is -0.145. The second kappa shape index (κ2) is 9.58. The summed E-state index contributed by atoms with van der Waals surface area (Å²) in [6.45, 7) is 15.1. The van der Waals surface area contributed by atoms with Gasteiger partial charge in [0.25, 0.3) is 0 Å². The van der Waals surface area contributed by atoms with Crippen LogP contribution in [0.15, 0.2) is 22.7 Å². The zero-order chi connectivity index (χ0) is 19.2. The summed E-state index contributed by atoms with van der Waals surface area (Å²) in [4.78, 5) is 10.7. The summed E-state index contributed by atoms with van der Waals surface area (Å²) in [6, 6.07) is 6.24. The Balaban J connectivity index is 2.73. The van der Waals surface area contributed by atoms with E-state index in [9.17, 15) is 4.79 Å². The number of hydrogen-bond acceptors (Lipinski definition) is 4. The average molecular weight is 415 g/mol. The van der Waals surface area contributed by atoms with Crippen molar-refractivity contribution in [2.45, 2.75) is 60.7 Å². The third-order valence-corrected chi connectivity index (χ3v) is 4.57. The predicted octanol–water partition coefficient (Wildman–Crippen LogP) is 5.54. The van der Waals surface area contributed by atoms with Gasteiger partial charge in [0.15, 0.2) is 6.29 Å². The Kier molecular flexibility index (Phi) is 8.42. The molecule has 0 saturated heterocycles. The van der Waals surface area contributed by atoms with E-state index >= 15 is 0 Å². The molecule has 4 nitrogen and oxygen atoms in total. The first kappa shape index (κ1) is 22.0. The molecule has 0 heterocycles. The van der Waals surface area contributed by atoms with E-state index in [1.165, 1.54) is 12.5 Å². The summed E-state index contributed by atoms with van der Waals surface area (Å²) >= 11 is 3.61. The van der Waals surface area contributed by atoms with Crippen LogP contribution in [0.2, 0.25) is 0 Å². The van der Waals surface area contributed by atoms with Gasteiger partial charge in [0.05, 0.1) is 11.1 Å². The molecule has 0 amide bonds. The number of esters is 1. The van der Waals surface area contributed by atoms with E-state index in [0.717, 1.165) is 10.2 Å². The molecule has 0 saturated carbocycles. The molecule has 0 radical (unpaired) electrons. The van der Waals surface area contributed by atoms with Gasteiger partial charge >= 0.3 is 5.97 Å². The number of carbonyl (C=O) groups excluding carboxylic acids is 1. The zero-order valence-electron chi connectivity index (χ0n) is 16.4. The SMILES string of the molecule is CC(=O)OCCOC(C)Oc1ccc(C(C(C)C)C(C)(C)C)cc1Br. The van der Waals surface area contributed by atoms with Crippen molar-refractivity contribution in [1.29, 1.82) is 0 Å². The summed E-state index contributed by atoms with van der Waals surface area (Å²) in [5.74, 6) is 1.42. The van der Waals surface area contributed by atoms with Crippen molar-refractivity contribution in [3.63, 3.8) is 0 Å². The van der Waals surface area contributed by atoms with Crippen LogP contribution in [-0.4, -0.2) is 25.5 Å². The van der Waals surface area contributed by atoms with Gasteiger partial charge in [0.2, 0.25) is 0 Å². The van der Waals surface area contributed by atoms with E-state index in [-0.39, 0.29) is 18.0 Å². The van der Waals surface area contributed by atoms with Crippen molar-refractivity contribution in [2.75, 3.05) is 13.2 Å². The van der Waals surface area contributed by atoms with Crippen LogP contribution in [0.4, 0.5) is 0 Å². The van der Waals surface area contributed by atoms with E-state index < -0.39 is 6.29 Å². The Morgan fingerprint density at radius 2 is 1.80 bits per heavy atom. The largest absolute Gasteiger partial charge is 0.464 e. The Morgan fingerprint density at radius 3 is 2.28 bits per heavy atom. The van der Waals surface area contributed by atoms with Crippen LogP contribution in [0.1, 0.15) is 59.9 Å². The molecule has 0 fully saturated rings. The van der Waals surface area contributed by atoms with Crippen molar-refractivity contribution in [3.8, 4) is 5.75 Å². The number of rotatable bonds is 8. The number of benzene rings is 1. The van der Waals surface area contributed by atoms with Gasteiger partial charge in [-0.25, -0.2) is 0 Å². The first-order chi connectivity index (χ1) is 11.5. The van der Waals surface area contributed by atoms with Crippen LogP contribution < -0.4 is 4.74 Å². The Bertz CT molecular complexity index is 563. The topological polar surface area (TPSA) is 44.8 Å². The minimum absolute atomic E-state index is 0.184. The lowest BCUT2D eigenvalue weighted by atomic mass is 9.70. The highest BCUT2D eigenvalue weighted by atomic mass is 79.9. The molecule has 2 unspecified atom stereocenters. The van der Waals surface area contributed by atoms with Gasteiger partial charge in [-0.05, 0) is 57.8 Å². The number of hydrogen-bond donors (Lipinski definition) is 0. The van der Waals surface area contributed by atoms with Crippen LogP contribution in [0, 0.1) is 11.3 Å². The third kappa shape index (κ3) is 7.37. The third-order valence-electron chi connectivity index (χ3n) is 3.95. The van der Waals surface area contributed by atoms with Gasteiger partial charge < -0.3 is 14.2 Å². The molecule has 1 aromatic rings. The molecule has 0 bridgehead atoms. The van der Waals surface area contributed by atoms with Crippen LogP contribution in [-0.2, 0) is 14.3 Å². The number of ether oxygens (including phenoxy) is 3. The fourth-order valence-electron chi connectivity index (χ4n) is 3.30. The standard InChI is InChI=1S/C20H31BrO4/c1-13(2)19(20(5,6)7)16-8-9-18(17(21)12-16)25-15(4)24-11-10-23-14(3)22/h8-9,12-13,15,19H,10-11H2,1-7H3. The molecule has 1 aromatic carbocycles. The van der Waals surface area contributed by atoms with E-state index in [1.807, 2.05) is 13.0 Å². The average Bonchev–Trinajstić information content (AvgIpc) is 2.44. The van der Waals surface area contributed by atoms with Crippen LogP contribution in [0.25, 0.3) is 0 Å². The molecule has 25 heavy (non-hydrogen) atoms. The maximum atomic E-state index is 10.7. The Labute approximate surface area is 160 Å². The van der Waals surface area contributed by atoms with Gasteiger partial charge in [-0.1, -0.05) is 40.7 Å². The normalized spacial score (nSPS) is 14.3. The molecule has 0 aromatic heterocycles. The molecule has 0 N–H and O–H groups in total. The van der Waals surface area contributed by atoms with Crippen molar-refractivity contribution in [1.82, 2.24) is 0 Å². The van der Waals surface area contributed by atoms with Gasteiger partial charge in [0.1, 0.15) is 12.4 Å². The van der Waals surface area contributed by atoms with Gasteiger partial charge in [-0.3, -0.25) is 4.79 Å². The highest BCUT2D eigenvalue weighted by molar-refractivity contribution is 9.10. The van der Waals surface area contributed by atoms with Gasteiger partial charge in [-0.2, -0.15) is 0 Å². The quantitative estimate of drug-likeness (QED) is 0.318. The molecule has 1 rings (SSSR count). The van der Waals surface area contributed by atoms with Crippen LogP contribution >= 0.6 is 15.9 Å². The van der Waals surface area contributed by atoms with E-state index in [1.54, 1.807) is 0 Å². The summed E-state index contributed by atoms with van der Waals surface area (Å²) < 4.78 is 17.1. The van der Waals surface area contributed by atoms with Gasteiger partial charge in [-0.15, -0.1) is 0 Å². The maximum Gasteiger partial charge on any atom is 0.302 e. The second-order valence-corrected chi connectivity index (χ2v) is 8.53. The molecule has 0 aliphatic carbocycles. The van der Waals surface area contributed by atoms with Crippen molar-refractivity contribution >= 4 is 21.9 Å². The molecular weight excluding hydrogens is 384 g/mol. The van der Waals surface area contributed by atoms with Crippen molar-refractivity contribution < 1.29 is 19.0 Å². The monoisotopic (exact) mass is 414 g/mol. The van der Waals surface area contributed by atoms with E-state index in [2.05, 4.69) is 62.7 Å². The predicted molar refractivity (Wildman–Crippen MR) is 104 cm³/mol. The fraction of sp³-hybridized carbons (Fsp3) is 0.650. The molecule has 0 aliphatic heterocycles. The molecule has 0 spiro atoms. The van der Waals surface area contributed by atoms with E-state index in [4.69, 9.17) is 14.2 Å². The Morgan fingerprint density at radius 1 is 1.16 bits per heavy atom. The fourth-order valence-corrected chi connectivity index (χ4v) is 3.79. The summed E-state index contributed by atoms with van der Waals surface area (Å²) in [7, 11) is 0. The Hall–Kier alpha value is -1.07. The molecule has 2 atom stereocenters. The summed E-state index contributed by atoms with van der Waals surface area (Å²) in [5.41, 5.74) is 1.48. The van der Waals surface area contributed by atoms with E-state index in [0.29, 0.717) is 18.4 Å². The summed E-state index contributed by atoms with van der Waals surface area (Å²) in [5, 5.41) is 0. The second-order valence-electron chi connectivity index (χ2n) is 7.67. The molecule has 142 valence electrons. The maximum absolute atomic E-state index is 10.7. The lowest BCUT2D eigenvalue weighted by Gasteiger charge is -2.34. The van der Waals surface area contributed by atoms with Crippen molar-refractivity contribution in [2.24, 2.45) is 11.3 Å². The first-order valence-electron chi connectivity index (χ1n) is 8.73. The molecule has 0 aliphatic rings. The smallest absolute Gasteiger partial charge is 0.302 e. The van der Waals surface area contributed by atoms with Crippen LogP contribution in [0.5, 0.6) is 5.75 Å².